The Hall–Kier alpha value is -1.40. The van der Waals surface area contributed by atoms with Gasteiger partial charge >= 0.3 is 0 Å². The van der Waals surface area contributed by atoms with E-state index in [0.717, 1.165) is 4.47 Å². The van der Waals surface area contributed by atoms with E-state index in [9.17, 15) is 9.18 Å². The fraction of sp³-hybridized carbons (Fsp3) is 0.133. The summed E-state index contributed by atoms with van der Waals surface area (Å²) in [5, 5.41) is 3.01. The van der Waals surface area contributed by atoms with E-state index < -0.39 is 17.3 Å². The highest BCUT2D eigenvalue weighted by Crippen LogP contribution is 2.30. The molecule has 21 heavy (non-hydrogen) atoms. The second-order valence-corrected chi connectivity index (χ2v) is 6.58. The quantitative estimate of drug-likeness (QED) is 0.787. The van der Waals surface area contributed by atoms with E-state index in [-0.39, 0.29) is 5.56 Å². The van der Waals surface area contributed by atoms with E-state index in [2.05, 4.69) is 37.2 Å². The number of benzene rings is 2. The average Bonchev–Trinajstić information content (AvgIpc) is 2.43. The Labute approximate surface area is 139 Å². The molecule has 2 aromatic carbocycles. The Morgan fingerprint density at radius 1 is 1.14 bits per heavy atom. The third-order valence-electron chi connectivity index (χ3n) is 3.20. The van der Waals surface area contributed by atoms with Gasteiger partial charge in [-0.25, -0.2) is 4.39 Å². The number of carbonyl (C=O) groups excluding carboxylic acids is 1. The predicted octanol–water partition coefficient (Wildman–Crippen LogP) is 4.16. The maximum atomic E-state index is 14.1. The molecule has 0 spiro atoms. The molecular formula is C15H13Br2FN2O. The lowest BCUT2D eigenvalue weighted by molar-refractivity contribution is -0.122. The summed E-state index contributed by atoms with van der Waals surface area (Å²) in [4.78, 5) is 11.9. The second kappa shape index (κ2) is 6.15. The fourth-order valence-electron chi connectivity index (χ4n) is 1.96. The standard InChI is InChI=1S/C15H13Br2FN2O/c1-15(14(19)21,12-8-10(17)4-7-13(12)18)20-11-5-2-9(16)3-6-11/h2-8,20H,1H3,(H2,19,21). The van der Waals surface area contributed by atoms with Crippen LogP contribution in [0.5, 0.6) is 0 Å². The molecule has 3 nitrogen and oxygen atoms in total. The lowest BCUT2D eigenvalue weighted by Crippen LogP contribution is -2.45. The first-order valence-electron chi connectivity index (χ1n) is 6.12. The van der Waals surface area contributed by atoms with Crippen LogP contribution in [0.4, 0.5) is 10.1 Å². The normalized spacial score (nSPS) is 13.5. The van der Waals surface area contributed by atoms with Crippen LogP contribution in [0.2, 0.25) is 0 Å². The average molecular weight is 416 g/mol. The second-order valence-electron chi connectivity index (χ2n) is 4.75. The van der Waals surface area contributed by atoms with Crippen molar-refractivity contribution in [1.29, 1.82) is 0 Å². The molecule has 2 rings (SSSR count). The van der Waals surface area contributed by atoms with E-state index in [1.54, 1.807) is 31.2 Å². The van der Waals surface area contributed by atoms with Crippen LogP contribution in [-0.2, 0) is 10.3 Å². The largest absolute Gasteiger partial charge is 0.368 e. The molecule has 1 amide bonds. The molecule has 110 valence electrons. The molecule has 1 atom stereocenters. The van der Waals surface area contributed by atoms with Gasteiger partial charge in [0.05, 0.1) is 0 Å². The van der Waals surface area contributed by atoms with Gasteiger partial charge in [0.2, 0.25) is 5.91 Å². The van der Waals surface area contributed by atoms with Crippen LogP contribution >= 0.6 is 31.9 Å². The molecule has 0 aromatic heterocycles. The summed E-state index contributed by atoms with van der Waals surface area (Å²) in [6.07, 6.45) is 0. The fourth-order valence-corrected chi connectivity index (χ4v) is 2.59. The zero-order valence-corrected chi connectivity index (χ0v) is 14.3. The number of halogens is 3. The molecule has 0 aliphatic rings. The van der Waals surface area contributed by atoms with Crippen LogP contribution in [-0.4, -0.2) is 5.91 Å². The Morgan fingerprint density at radius 2 is 1.71 bits per heavy atom. The van der Waals surface area contributed by atoms with Crippen molar-refractivity contribution in [2.45, 2.75) is 12.5 Å². The van der Waals surface area contributed by atoms with Gasteiger partial charge in [-0.1, -0.05) is 31.9 Å². The number of rotatable bonds is 4. The molecule has 0 aliphatic heterocycles. The van der Waals surface area contributed by atoms with Crippen LogP contribution in [0.3, 0.4) is 0 Å². The summed E-state index contributed by atoms with van der Waals surface area (Å²) in [5.74, 6) is -1.16. The minimum Gasteiger partial charge on any atom is -0.368 e. The van der Waals surface area contributed by atoms with Gasteiger partial charge < -0.3 is 11.1 Å². The van der Waals surface area contributed by atoms with Crippen molar-refractivity contribution in [2.24, 2.45) is 5.73 Å². The van der Waals surface area contributed by atoms with Gasteiger partial charge in [-0.2, -0.15) is 0 Å². The highest BCUT2D eigenvalue weighted by atomic mass is 79.9. The Morgan fingerprint density at radius 3 is 2.29 bits per heavy atom. The summed E-state index contributed by atoms with van der Waals surface area (Å²) in [5.41, 5.74) is 5.00. The van der Waals surface area contributed by atoms with Crippen molar-refractivity contribution in [3.05, 3.63) is 62.8 Å². The number of carbonyl (C=O) groups is 1. The third-order valence-corrected chi connectivity index (χ3v) is 4.22. The van der Waals surface area contributed by atoms with Crippen molar-refractivity contribution >= 4 is 43.5 Å². The van der Waals surface area contributed by atoms with E-state index in [1.165, 1.54) is 6.07 Å². The lowest BCUT2D eigenvalue weighted by atomic mass is 9.90. The van der Waals surface area contributed by atoms with Gasteiger partial charge in [0.25, 0.3) is 0 Å². The van der Waals surface area contributed by atoms with Gasteiger partial charge in [-0.3, -0.25) is 4.79 Å². The van der Waals surface area contributed by atoms with Crippen LogP contribution in [0.15, 0.2) is 51.4 Å². The molecule has 0 radical (unpaired) electrons. The zero-order chi connectivity index (χ0) is 15.6. The van der Waals surface area contributed by atoms with Crippen molar-refractivity contribution in [1.82, 2.24) is 0 Å². The molecule has 0 aliphatic carbocycles. The van der Waals surface area contributed by atoms with Gasteiger partial charge in [0.15, 0.2) is 0 Å². The Kier molecular flexibility index (Phi) is 4.68. The van der Waals surface area contributed by atoms with Gasteiger partial charge in [0.1, 0.15) is 11.4 Å². The van der Waals surface area contributed by atoms with Crippen molar-refractivity contribution in [3.8, 4) is 0 Å². The summed E-state index contributed by atoms with van der Waals surface area (Å²) in [6.45, 7) is 1.56. The number of anilines is 1. The SMILES string of the molecule is CC(Nc1ccc(Br)cc1)(C(N)=O)c1cc(Br)ccc1F. The van der Waals surface area contributed by atoms with Gasteiger partial charge in [-0.05, 0) is 49.4 Å². The summed E-state index contributed by atoms with van der Waals surface area (Å²) in [6, 6.07) is 11.6. The summed E-state index contributed by atoms with van der Waals surface area (Å²) < 4.78 is 15.7. The van der Waals surface area contributed by atoms with E-state index >= 15 is 0 Å². The molecule has 3 N–H and O–H groups in total. The summed E-state index contributed by atoms with van der Waals surface area (Å²) in [7, 11) is 0. The molecule has 0 fully saturated rings. The highest BCUT2D eigenvalue weighted by Gasteiger charge is 2.36. The van der Waals surface area contributed by atoms with Gasteiger partial charge in [0, 0.05) is 20.2 Å². The zero-order valence-electron chi connectivity index (χ0n) is 11.2. The first-order valence-corrected chi connectivity index (χ1v) is 7.71. The molecular weight excluding hydrogens is 403 g/mol. The van der Waals surface area contributed by atoms with Crippen molar-refractivity contribution < 1.29 is 9.18 Å². The van der Waals surface area contributed by atoms with Crippen LogP contribution < -0.4 is 11.1 Å². The van der Waals surface area contributed by atoms with Crippen molar-refractivity contribution in [2.75, 3.05) is 5.32 Å². The minimum atomic E-state index is -1.36. The minimum absolute atomic E-state index is 0.187. The highest BCUT2D eigenvalue weighted by molar-refractivity contribution is 9.10. The maximum absolute atomic E-state index is 14.1. The van der Waals surface area contributed by atoms with E-state index in [0.29, 0.717) is 10.2 Å². The Bertz CT molecular complexity index is 676. The molecule has 1 unspecified atom stereocenters. The number of hydrogen-bond donors (Lipinski definition) is 2. The molecule has 6 heteroatoms. The van der Waals surface area contributed by atoms with Crippen LogP contribution in [0, 0.1) is 5.82 Å². The molecule has 0 bridgehead atoms. The number of primary amides is 1. The molecule has 0 saturated carbocycles. The number of amides is 1. The maximum Gasteiger partial charge on any atom is 0.247 e. The van der Waals surface area contributed by atoms with Crippen LogP contribution in [0.25, 0.3) is 0 Å². The monoisotopic (exact) mass is 414 g/mol. The van der Waals surface area contributed by atoms with Gasteiger partial charge in [-0.15, -0.1) is 0 Å². The van der Waals surface area contributed by atoms with E-state index in [4.69, 9.17) is 5.73 Å². The molecule has 0 heterocycles. The first kappa shape index (κ1) is 16.0. The molecule has 0 saturated heterocycles. The topological polar surface area (TPSA) is 55.1 Å². The van der Waals surface area contributed by atoms with E-state index in [1.807, 2.05) is 12.1 Å². The van der Waals surface area contributed by atoms with Crippen molar-refractivity contribution in [3.63, 3.8) is 0 Å². The number of nitrogens with two attached hydrogens (primary N) is 1. The smallest absolute Gasteiger partial charge is 0.247 e. The third kappa shape index (κ3) is 3.44. The lowest BCUT2D eigenvalue weighted by Gasteiger charge is -2.29. The predicted molar refractivity (Wildman–Crippen MR) is 88.4 cm³/mol. The van der Waals surface area contributed by atoms with Crippen LogP contribution in [0.1, 0.15) is 12.5 Å². The number of hydrogen-bond acceptors (Lipinski definition) is 2. The molecule has 2 aromatic rings. The number of nitrogens with one attached hydrogen (secondary N) is 1. The Balaban J connectivity index is 2.47. The summed E-state index contributed by atoms with van der Waals surface area (Å²) >= 11 is 6.61. The first-order chi connectivity index (χ1) is 9.83.